The molecule has 0 fully saturated rings. The van der Waals surface area contributed by atoms with Crippen molar-refractivity contribution in [1.82, 2.24) is 5.43 Å². The van der Waals surface area contributed by atoms with Gasteiger partial charge in [0.05, 0.1) is 23.9 Å². The highest BCUT2D eigenvalue weighted by molar-refractivity contribution is 7.92. The molecule has 0 aliphatic carbocycles. The van der Waals surface area contributed by atoms with Crippen molar-refractivity contribution in [2.45, 2.75) is 25.2 Å². The van der Waals surface area contributed by atoms with Gasteiger partial charge in [-0.05, 0) is 54.8 Å². The Bertz CT molecular complexity index is 1370. The van der Waals surface area contributed by atoms with Gasteiger partial charge in [-0.15, -0.1) is 0 Å². The molecule has 194 valence electrons. The van der Waals surface area contributed by atoms with Crippen LogP contribution in [0.3, 0.4) is 0 Å². The van der Waals surface area contributed by atoms with E-state index < -0.39 is 28.4 Å². The van der Waals surface area contributed by atoms with E-state index >= 15 is 0 Å². The Morgan fingerprint density at radius 1 is 1.03 bits per heavy atom. The summed E-state index contributed by atoms with van der Waals surface area (Å²) in [5, 5.41) is 3.96. The van der Waals surface area contributed by atoms with Crippen molar-refractivity contribution in [3.8, 4) is 5.75 Å². The highest BCUT2D eigenvalue weighted by Gasteiger charge is 2.28. The zero-order valence-electron chi connectivity index (χ0n) is 20.9. The van der Waals surface area contributed by atoms with Gasteiger partial charge in [0.15, 0.2) is 6.61 Å². The summed E-state index contributed by atoms with van der Waals surface area (Å²) in [5.74, 6) is -0.704. The zero-order chi connectivity index (χ0) is 26.8. The first-order chi connectivity index (χ1) is 17.7. The number of hydrogen-bond acceptors (Lipinski definition) is 7. The highest BCUT2D eigenvalue weighted by atomic mass is 32.2. The first-order valence-electron chi connectivity index (χ1n) is 11.5. The first-order valence-corrected chi connectivity index (χ1v) is 13.0. The molecule has 1 amide bonds. The largest absolute Gasteiger partial charge is 0.482 e. The summed E-state index contributed by atoms with van der Waals surface area (Å²) >= 11 is 0. The molecule has 9 nitrogen and oxygen atoms in total. The minimum Gasteiger partial charge on any atom is -0.482 e. The summed E-state index contributed by atoms with van der Waals surface area (Å²) < 4.78 is 38.1. The molecule has 0 spiro atoms. The number of aryl methyl sites for hydroxylation is 2. The maximum atomic E-state index is 13.6. The molecule has 0 radical (unpaired) electrons. The molecule has 0 aromatic heterocycles. The fourth-order valence-electron chi connectivity index (χ4n) is 3.42. The lowest BCUT2D eigenvalue weighted by atomic mass is 10.1. The van der Waals surface area contributed by atoms with E-state index in [0.29, 0.717) is 23.4 Å². The van der Waals surface area contributed by atoms with Gasteiger partial charge in [-0.1, -0.05) is 55.0 Å². The fourth-order valence-corrected chi connectivity index (χ4v) is 4.88. The number of nitrogens with zero attached hydrogens (tertiary/aromatic N) is 2. The SMILES string of the molecule is CCc1ccccc1N(CC(=O)N/N=C\c1cccc(OCC(=O)OC)c1)S(=O)(=O)c1ccc(C)cc1. The van der Waals surface area contributed by atoms with Gasteiger partial charge in [0.25, 0.3) is 15.9 Å². The summed E-state index contributed by atoms with van der Waals surface area (Å²) in [6.45, 7) is 3.08. The van der Waals surface area contributed by atoms with E-state index in [1.165, 1.54) is 25.5 Å². The van der Waals surface area contributed by atoms with Crippen LogP contribution in [0.4, 0.5) is 5.69 Å². The Morgan fingerprint density at radius 3 is 2.46 bits per heavy atom. The second kappa shape index (κ2) is 12.7. The first kappa shape index (κ1) is 27.4. The number of amides is 1. The number of rotatable bonds is 11. The monoisotopic (exact) mass is 523 g/mol. The summed E-state index contributed by atoms with van der Waals surface area (Å²) in [6.07, 6.45) is 1.98. The minimum absolute atomic E-state index is 0.0871. The lowest BCUT2D eigenvalue weighted by Crippen LogP contribution is -2.40. The lowest BCUT2D eigenvalue weighted by Gasteiger charge is -2.25. The molecule has 0 saturated carbocycles. The molecule has 0 unspecified atom stereocenters. The van der Waals surface area contributed by atoms with Gasteiger partial charge in [-0.2, -0.15) is 5.10 Å². The number of benzene rings is 3. The third-order valence-electron chi connectivity index (χ3n) is 5.38. The van der Waals surface area contributed by atoms with Crippen molar-refractivity contribution in [2.75, 3.05) is 24.6 Å². The van der Waals surface area contributed by atoms with Crippen molar-refractivity contribution in [2.24, 2.45) is 5.10 Å². The van der Waals surface area contributed by atoms with Crippen LogP contribution in [0.5, 0.6) is 5.75 Å². The van der Waals surface area contributed by atoms with E-state index in [2.05, 4.69) is 15.3 Å². The standard InChI is InChI=1S/C27H29N3O6S/c1-4-22-9-5-6-11-25(22)30(37(33,34)24-14-12-20(2)13-15-24)18-26(31)29-28-17-21-8-7-10-23(16-21)36-19-27(32)35-3/h5-17H,4,18-19H2,1-3H3,(H,29,31)/b28-17-. The molecule has 1 N–H and O–H groups in total. The predicted molar refractivity (Wildman–Crippen MR) is 141 cm³/mol. The normalized spacial score (nSPS) is 11.2. The van der Waals surface area contributed by atoms with Crippen LogP contribution in [-0.4, -0.2) is 46.8 Å². The van der Waals surface area contributed by atoms with Gasteiger partial charge in [-0.3, -0.25) is 9.10 Å². The Morgan fingerprint density at radius 2 is 1.76 bits per heavy atom. The smallest absolute Gasteiger partial charge is 0.343 e. The molecule has 37 heavy (non-hydrogen) atoms. The summed E-state index contributed by atoms with van der Waals surface area (Å²) in [5.41, 5.74) is 5.13. The summed E-state index contributed by atoms with van der Waals surface area (Å²) in [6, 6.07) is 20.3. The maximum Gasteiger partial charge on any atom is 0.343 e. The zero-order valence-corrected chi connectivity index (χ0v) is 21.7. The quantitative estimate of drug-likeness (QED) is 0.234. The van der Waals surface area contributed by atoms with Crippen molar-refractivity contribution in [3.63, 3.8) is 0 Å². The van der Waals surface area contributed by atoms with Crippen LogP contribution in [0, 0.1) is 6.92 Å². The Balaban J connectivity index is 1.78. The van der Waals surface area contributed by atoms with Crippen LogP contribution in [0.1, 0.15) is 23.6 Å². The second-order valence-electron chi connectivity index (χ2n) is 8.04. The predicted octanol–water partition coefficient (Wildman–Crippen LogP) is 3.45. The van der Waals surface area contributed by atoms with Crippen molar-refractivity contribution >= 4 is 33.8 Å². The van der Waals surface area contributed by atoms with Crippen LogP contribution in [-0.2, 0) is 30.8 Å². The van der Waals surface area contributed by atoms with Crippen molar-refractivity contribution in [3.05, 3.63) is 89.5 Å². The maximum absolute atomic E-state index is 13.6. The number of ether oxygens (including phenoxy) is 2. The van der Waals surface area contributed by atoms with Crippen LogP contribution < -0.4 is 14.5 Å². The Hall–Kier alpha value is -4.18. The van der Waals surface area contributed by atoms with Gasteiger partial charge < -0.3 is 9.47 Å². The number of carbonyl (C=O) groups excluding carboxylic acids is 2. The van der Waals surface area contributed by atoms with Crippen LogP contribution >= 0.6 is 0 Å². The molecule has 3 rings (SSSR count). The number of carbonyl (C=O) groups is 2. The fraction of sp³-hybridized carbons (Fsp3) is 0.222. The van der Waals surface area contributed by atoms with E-state index in [4.69, 9.17) is 4.74 Å². The van der Waals surface area contributed by atoms with E-state index in [-0.39, 0.29) is 11.5 Å². The molecule has 0 atom stereocenters. The average Bonchev–Trinajstić information content (AvgIpc) is 2.90. The molecule has 0 aliphatic heterocycles. The number of sulfonamides is 1. The number of esters is 1. The van der Waals surface area contributed by atoms with Gasteiger partial charge >= 0.3 is 5.97 Å². The molecular formula is C27H29N3O6S. The van der Waals surface area contributed by atoms with E-state index in [0.717, 1.165) is 15.4 Å². The van der Waals surface area contributed by atoms with Gasteiger partial charge in [0.2, 0.25) is 0 Å². The molecule has 0 saturated heterocycles. The summed E-state index contributed by atoms with van der Waals surface area (Å²) in [7, 11) is -2.76. The van der Waals surface area contributed by atoms with Gasteiger partial charge in [0, 0.05) is 0 Å². The van der Waals surface area contributed by atoms with E-state index in [1.54, 1.807) is 48.5 Å². The van der Waals surface area contributed by atoms with E-state index in [1.807, 2.05) is 26.0 Å². The molecule has 3 aromatic carbocycles. The molecule has 0 aliphatic rings. The number of para-hydroxylation sites is 1. The van der Waals surface area contributed by atoms with Crippen molar-refractivity contribution < 1.29 is 27.5 Å². The Labute approximate surface area is 216 Å². The number of hydrogen-bond donors (Lipinski definition) is 1. The Kier molecular flexibility index (Phi) is 9.39. The van der Waals surface area contributed by atoms with Crippen LogP contribution in [0.15, 0.2) is 82.8 Å². The number of hydrazone groups is 1. The summed E-state index contributed by atoms with van der Waals surface area (Å²) in [4.78, 5) is 24.2. The average molecular weight is 524 g/mol. The minimum atomic E-state index is -4.03. The molecular weight excluding hydrogens is 494 g/mol. The van der Waals surface area contributed by atoms with Gasteiger partial charge in [0.1, 0.15) is 12.3 Å². The molecule has 3 aromatic rings. The number of anilines is 1. The number of methoxy groups -OCH3 is 1. The molecule has 10 heteroatoms. The third kappa shape index (κ3) is 7.40. The third-order valence-corrected chi connectivity index (χ3v) is 7.16. The van der Waals surface area contributed by atoms with Crippen LogP contribution in [0.25, 0.3) is 0 Å². The molecule has 0 heterocycles. The second-order valence-corrected chi connectivity index (χ2v) is 9.90. The lowest BCUT2D eigenvalue weighted by molar-refractivity contribution is -0.142. The topological polar surface area (TPSA) is 114 Å². The van der Waals surface area contributed by atoms with Gasteiger partial charge in [-0.25, -0.2) is 18.6 Å². The number of nitrogens with one attached hydrogen (secondary N) is 1. The molecule has 0 bridgehead atoms. The van der Waals surface area contributed by atoms with E-state index in [9.17, 15) is 18.0 Å². The highest BCUT2D eigenvalue weighted by Crippen LogP contribution is 2.27. The van der Waals surface area contributed by atoms with Crippen molar-refractivity contribution in [1.29, 1.82) is 0 Å². The van der Waals surface area contributed by atoms with Crippen LogP contribution in [0.2, 0.25) is 0 Å².